The van der Waals surface area contributed by atoms with Gasteiger partial charge in [0.15, 0.2) is 0 Å². The van der Waals surface area contributed by atoms with Gasteiger partial charge in [0.1, 0.15) is 0 Å². The third-order valence-corrected chi connectivity index (χ3v) is 8.12. The highest BCUT2D eigenvalue weighted by Crippen LogP contribution is 2.33. The summed E-state index contributed by atoms with van der Waals surface area (Å²) < 4.78 is 2.24. The van der Waals surface area contributed by atoms with Gasteiger partial charge in [-0.2, -0.15) is 0 Å². The molecule has 0 radical (unpaired) electrons. The SMILES string of the molecule is C=C(NCCC(CC)c1cn(-c2ccc(Cl)cc2)c2cnccc12)N(C)CC1CCN(C(C)C)CC1.CC. The number of piperidine rings is 1. The van der Waals surface area contributed by atoms with Crippen molar-refractivity contribution in [3.63, 3.8) is 0 Å². The molecule has 1 aliphatic heterocycles. The number of hydrogen-bond donors (Lipinski definition) is 1. The van der Waals surface area contributed by atoms with Gasteiger partial charge in [0.05, 0.1) is 17.5 Å². The molecule has 1 aromatic carbocycles. The van der Waals surface area contributed by atoms with E-state index >= 15 is 0 Å². The van der Waals surface area contributed by atoms with E-state index in [2.05, 4.69) is 83.5 Å². The lowest BCUT2D eigenvalue weighted by Gasteiger charge is -2.36. The minimum atomic E-state index is 0.453. The Hall–Kier alpha value is -2.50. The molecule has 3 heterocycles. The van der Waals surface area contributed by atoms with Gasteiger partial charge in [0.2, 0.25) is 0 Å². The lowest BCUT2D eigenvalue weighted by atomic mass is 9.93. The molecule has 1 unspecified atom stereocenters. The van der Waals surface area contributed by atoms with Gasteiger partial charge in [-0.05, 0) is 100 Å². The zero-order valence-electron chi connectivity index (χ0n) is 24.4. The average molecular weight is 538 g/mol. The van der Waals surface area contributed by atoms with E-state index in [1.165, 1.54) is 36.9 Å². The molecule has 38 heavy (non-hydrogen) atoms. The monoisotopic (exact) mass is 537 g/mol. The van der Waals surface area contributed by atoms with Crippen LogP contribution in [0, 0.1) is 5.92 Å². The van der Waals surface area contributed by atoms with E-state index in [9.17, 15) is 0 Å². The number of fused-ring (bicyclic) bond motifs is 1. The van der Waals surface area contributed by atoms with Crippen molar-refractivity contribution in [2.24, 2.45) is 5.92 Å². The second kappa shape index (κ2) is 14.6. The Kier molecular flexibility index (Phi) is 11.5. The lowest BCUT2D eigenvalue weighted by Crippen LogP contribution is -2.41. The number of halogens is 1. The number of likely N-dealkylation sites (tertiary alicyclic amines) is 1. The molecule has 0 bridgehead atoms. The molecule has 0 spiro atoms. The minimum Gasteiger partial charge on any atom is -0.372 e. The second-order valence-corrected chi connectivity index (χ2v) is 11.0. The summed E-state index contributed by atoms with van der Waals surface area (Å²) in [6.07, 6.45) is 10.8. The van der Waals surface area contributed by atoms with Gasteiger partial charge in [0.25, 0.3) is 0 Å². The molecule has 1 atom stereocenters. The number of pyridine rings is 1. The fourth-order valence-corrected chi connectivity index (χ4v) is 5.62. The predicted molar refractivity (Wildman–Crippen MR) is 164 cm³/mol. The third kappa shape index (κ3) is 7.54. The van der Waals surface area contributed by atoms with Crippen molar-refractivity contribution in [3.8, 4) is 5.69 Å². The summed E-state index contributed by atoms with van der Waals surface area (Å²) >= 11 is 6.13. The maximum atomic E-state index is 6.13. The van der Waals surface area contributed by atoms with Crippen LogP contribution >= 0.6 is 11.6 Å². The van der Waals surface area contributed by atoms with Gasteiger partial charge in [-0.25, -0.2) is 0 Å². The van der Waals surface area contributed by atoms with E-state index in [-0.39, 0.29) is 0 Å². The summed E-state index contributed by atoms with van der Waals surface area (Å²) in [6, 6.07) is 10.8. The first-order chi connectivity index (χ1) is 18.4. The topological polar surface area (TPSA) is 36.3 Å². The summed E-state index contributed by atoms with van der Waals surface area (Å²) in [5.41, 5.74) is 3.61. The van der Waals surface area contributed by atoms with Gasteiger partial charge < -0.3 is 19.7 Å². The first-order valence-electron chi connectivity index (χ1n) is 14.5. The Morgan fingerprint density at radius 1 is 1.16 bits per heavy atom. The van der Waals surface area contributed by atoms with Gasteiger partial charge in [0, 0.05) is 54.7 Å². The minimum absolute atomic E-state index is 0.453. The van der Waals surface area contributed by atoms with Crippen LogP contribution in [0.1, 0.15) is 71.8 Å². The molecule has 3 aromatic rings. The zero-order chi connectivity index (χ0) is 27.7. The Morgan fingerprint density at radius 3 is 2.47 bits per heavy atom. The van der Waals surface area contributed by atoms with Crippen molar-refractivity contribution in [2.45, 2.75) is 72.3 Å². The molecule has 208 valence electrons. The van der Waals surface area contributed by atoms with Crippen LogP contribution in [0.25, 0.3) is 16.6 Å². The molecule has 5 nitrogen and oxygen atoms in total. The number of benzene rings is 1. The van der Waals surface area contributed by atoms with E-state index in [4.69, 9.17) is 11.6 Å². The van der Waals surface area contributed by atoms with Crippen molar-refractivity contribution in [2.75, 3.05) is 33.2 Å². The van der Waals surface area contributed by atoms with Gasteiger partial charge in [-0.3, -0.25) is 4.98 Å². The summed E-state index contributed by atoms with van der Waals surface area (Å²) in [6.45, 7) is 19.6. The number of rotatable bonds is 11. The largest absolute Gasteiger partial charge is 0.372 e. The number of aromatic nitrogens is 2. The highest BCUT2D eigenvalue weighted by atomic mass is 35.5. The molecule has 0 saturated carbocycles. The molecule has 1 fully saturated rings. The van der Waals surface area contributed by atoms with Crippen LogP contribution in [0.4, 0.5) is 0 Å². The normalized spacial score (nSPS) is 15.3. The van der Waals surface area contributed by atoms with Crippen LogP contribution in [0.15, 0.2) is 61.3 Å². The summed E-state index contributed by atoms with van der Waals surface area (Å²) in [5, 5.41) is 5.63. The third-order valence-electron chi connectivity index (χ3n) is 7.87. The van der Waals surface area contributed by atoms with Gasteiger partial charge in [-0.1, -0.05) is 39.0 Å². The summed E-state index contributed by atoms with van der Waals surface area (Å²) in [4.78, 5) is 9.31. The molecule has 6 heteroatoms. The highest BCUT2D eigenvalue weighted by molar-refractivity contribution is 6.30. The Morgan fingerprint density at radius 2 is 1.84 bits per heavy atom. The fraction of sp³-hybridized carbons (Fsp3) is 0.531. The Balaban J connectivity index is 0.00000195. The maximum Gasteiger partial charge on any atom is 0.0936 e. The number of hydrogen-bond acceptors (Lipinski definition) is 4. The number of nitrogens with zero attached hydrogens (tertiary/aromatic N) is 4. The Labute approximate surface area is 235 Å². The van der Waals surface area contributed by atoms with Gasteiger partial charge in [-0.15, -0.1) is 0 Å². The molecular formula is C32H48ClN5. The smallest absolute Gasteiger partial charge is 0.0936 e. The molecule has 2 aromatic heterocycles. The highest BCUT2D eigenvalue weighted by Gasteiger charge is 2.22. The first-order valence-corrected chi connectivity index (χ1v) is 14.8. The molecule has 1 saturated heterocycles. The van der Waals surface area contributed by atoms with Crippen LogP contribution in [-0.2, 0) is 0 Å². The lowest BCUT2D eigenvalue weighted by molar-refractivity contribution is 0.134. The molecular weight excluding hydrogens is 490 g/mol. The molecule has 4 rings (SSSR count). The maximum absolute atomic E-state index is 6.13. The standard InChI is InChI=1S/C30H42ClN5.C2H6/c1-6-25(11-16-33-23(4)34(5)20-24-13-17-35(18-14-24)22(2)3)29-21-36(27-9-7-26(31)8-10-27)30-19-32-15-12-28(29)30;1-2/h7-10,12,15,19,21-22,24-25,33H,4,6,11,13-14,16-18,20H2,1-3,5H3;1-2H3. The van der Waals surface area contributed by atoms with Crippen LogP contribution in [0.3, 0.4) is 0 Å². The Bertz CT molecular complexity index is 1130. The fourth-order valence-electron chi connectivity index (χ4n) is 5.50. The van der Waals surface area contributed by atoms with E-state index in [1.807, 2.05) is 38.4 Å². The van der Waals surface area contributed by atoms with Crippen LogP contribution < -0.4 is 5.32 Å². The second-order valence-electron chi connectivity index (χ2n) is 10.5. The molecule has 0 aliphatic carbocycles. The summed E-state index contributed by atoms with van der Waals surface area (Å²) in [5.74, 6) is 2.23. The van der Waals surface area contributed by atoms with Crippen molar-refractivity contribution < 1.29 is 0 Å². The van der Waals surface area contributed by atoms with Crippen molar-refractivity contribution in [3.05, 3.63) is 71.9 Å². The van der Waals surface area contributed by atoms with Gasteiger partial charge >= 0.3 is 0 Å². The van der Waals surface area contributed by atoms with Crippen molar-refractivity contribution in [1.29, 1.82) is 0 Å². The van der Waals surface area contributed by atoms with E-state index in [1.54, 1.807) is 0 Å². The molecule has 0 amide bonds. The number of nitrogens with one attached hydrogen (secondary N) is 1. The predicted octanol–water partition coefficient (Wildman–Crippen LogP) is 7.70. The van der Waals surface area contributed by atoms with Crippen LogP contribution in [0.2, 0.25) is 5.02 Å². The van der Waals surface area contributed by atoms with Crippen molar-refractivity contribution >= 4 is 22.5 Å². The van der Waals surface area contributed by atoms with Crippen LogP contribution in [-0.4, -0.2) is 58.6 Å². The van der Waals surface area contributed by atoms with Crippen molar-refractivity contribution in [1.82, 2.24) is 24.7 Å². The summed E-state index contributed by atoms with van der Waals surface area (Å²) in [7, 11) is 2.17. The first kappa shape index (κ1) is 30.0. The van der Waals surface area contributed by atoms with E-state index in [0.717, 1.165) is 53.9 Å². The quantitative estimate of drug-likeness (QED) is 0.272. The van der Waals surface area contributed by atoms with E-state index in [0.29, 0.717) is 12.0 Å². The van der Waals surface area contributed by atoms with E-state index < -0.39 is 0 Å². The van der Waals surface area contributed by atoms with Crippen LogP contribution in [0.5, 0.6) is 0 Å². The zero-order valence-corrected chi connectivity index (χ0v) is 25.1. The average Bonchev–Trinajstić information content (AvgIpc) is 3.32. The molecule has 1 aliphatic rings. The molecule has 1 N–H and O–H groups in total.